The maximum Gasteiger partial charge on any atom is 0.223 e. The summed E-state index contributed by atoms with van der Waals surface area (Å²) in [7, 11) is 2.11. The van der Waals surface area contributed by atoms with Gasteiger partial charge in [-0.25, -0.2) is 4.98 Å². The number of carbonyl (C=O) groups excluding carboxylic acids is 1. The van der Waals surface area contributed by atoms with Crippen LogP contribution < -0.4 is 0 Å². The summed E-state index contributed by atoms with van der Waals surface area (Å²) in [4.78, 5) is 21.4. The Bertz CT molecular complexity index is 705. The zero-order chi connectivity index (χ0) is 17.2. The van der Waals surface area contributed by atoms with E-state index in [1.807, 2.05) is 29.4 Å². The van der Waals surface area contributed by atoms with Gasteiger partial charge in [-0.3, -0.25) is 9.69 Å². The van der Waals surface area contributed by atoms with Gasteiger partial charge in [0, 0.05) is 44.4 Å². The van der Waals surface area contributed by atoms with Crippen molar-refractivity contribution >= 4 is 5.91 Å². The molecule has 1 saturated carbocycles. The summed E-state index contributed by atoms with van der Waals surface area (Å²) in [6.45, 7) is 4.06. The second-order valence-electron chi connectivity index (χ2n) is 7.56. The predicted molar refractivity (Wildman–Crippen MR) is 93.5 cm³/mol. The Labute approximate surface area is 148 Å². The van der Waals surface area contributed by atoms with Crippen molar-refractivity contribution in [3.8, 4) is 0 Å². The largest absolute Gasteiger partial charge is 0.468 e. The number of amides is 1. The lowest BCUT2D eigenvalue weighted by atomic mass is 10.1. The molecule has 1 atom stereocenters. The second-order valence-corrected chi connectivity index (χ2v) is 7.56. The molecule has 2 aliphatic rings. The quantitative estimate of drug-likeness (QED) is 0.809. The molecule has 1 fully saturated rings. The zero-order valence-corrected chi connectivity index (χ0v) is 14.8. The highest BCUT2D eigenvalue weighted by molar-refractivity contribution is 5.76. The molecule has 1 unspecified atom stereocenters. The van der Waals surface area contributed by atoms with Gasteiger partial charge in [-0.1, -0.05) is 0 Å². The number of fused-ring (bicyclic) bond motifs is 1. The SMILES string of the molecule is CN(Cc1ccco1)CC1CN(C(=O)CC2CC2)Cc2nccn2C1. The lowest BCUT2D eigenvalue weighted by Gasteiger charge is -2.27. The fraction of sp³-hybridized carbons (Fsp3) is 0.579. The first-order valence-corrected chi connectivity index (χ1v) is 9.16. The number of aromatic nitrogens is 2. The van der Waals surface area contributed by atoms with E-state index in [9.17, 15) is 4.79 Å². The van der Waals surface area contributed by atoms with E-state index in [0.717, 1.165) is 37.8 Å². The molecule has 2 aromatic rings. The van der Waals surface area contributed by atoms with Crippen LogP contribution in [0.3, 0.4) is 0 Å². The molecule has 6 nitrogen and oxygen atoms in total. The number of rotatable bonds is 6. The summed E-state index contributed by atoms with van der Waals surface area (Å²) in [6, 6.07) is 3.92. The van der Waals surface area contributed by atoms with Gasteiger partial charge in [0.1, 0.15) is 11.6 Å². The maximum absolute atomic E-state index is 12.7. The zero-order valence-electron chi connectivity index (χ0n) is 14.8. The number of hydrogen-bond acceptors (Lipinski definition) is 4. The van der Waals surface area contributed by atoms with Gasteiger partial charge >= 0.3 is 0 Å². The van der Waals surface area contributed by atoms with Crippen LogP contribution in [0, 0.1) is 11.8 Å². The number of furan rings is 1. The van der Waals surface area contributed by atoms with Gasteiger partial charge in [0.25, 0.3) is 0 Å². The molecule has 134 valence electrons. The molecule has 4 rings (SSSR count). The number of hydrogen-bond donors (Lipinski definition) is 0. The van der Waals surface area contributed by atoms with Crippen LogP contribution in [0.5, 0.6) is 0 Å². The molecule has 0 aromatic carbocycles. The first-order chi connectivity index (χ1) is 12.2. The minimum atomic E-state index is 0.289. The maximum atomic E-state index is 12.7. The Morgan fingerprint density at radius 3 is 3.00 bits per heavy atom. The molecule has 0 spiro atoms. The molecular formula is C19H26N4O2. The van der Waals surface area contributed by atoms with Gasteiger partial charge in [-0.05, 0) is 37.9 Å². The second kappa shape index (κ2) is 7.04. The van der Waals surface area contributed by atoms with Crippen molar-refractivity contribution in [2.75, 3.05) is 20.1 Å². The van der Waals surface area contributed by atoms with Crippen molar-refractivity contribution < 1.29 is 9.21 Å². The minimum absolute atomic E-state index is 0.289. The third kappa shape index (κ3) is 4.12. The van der Waals surface area contributed by atoms with E-state index in [1.54, 1.807) is 6.26 Å². The molecule has 0 N–H and O–H groups in total. The van der Waals surface area contributed by atoms with Crippen molar-refractivity contribution in [1.82, 2.24) is 19.4 Å². The predicted octanol–water partition coefficient (Wildman–Crippen LogP) is 2.37. The topological polar surface area (TPSA) is 54.5 Å². The molecule has 1 aliphatic carbocycles. The normalized spacial score (nSPS) is 20.6. The summed E-state index contributed by atoms with van der Waals surface area (Å²) in [5.41, 5.74) is 0. The van der Waals surface area contributed by atoms with Gasteiger partial charge in [0.2, 0.25) is 5.91 Å². The van der Waals surface area contributed by atoms with Gasteiger partial charge in [0.05, 0.1) is 19.4 Å². The van der Waals surface area contributed by atoms with Crippen molar-refractivity contribution in [2.45, 2.75) is 38.9 Å². The van der Waals surface area contributed by atoms with Gasteiger partial charge in [-0.2, -0.15) is 0 Å². The molecule has 1 aliphatic heterocycles. The van der Waals surface area contributed by atoms with E-state index in [-0.39, 0.29) is 5.91 Å². The summed E-state index contributed by atoms with van der Waals surface area (Å²) < 4.78 is 7.65. The minimum Gasteiger partial charge on any atom is -0.468 e. The Morgan fingerprint density at radius 1 is 1.36 bits per heavy atom. The Hall–Kier alpha value is -2.08. The van der Waals surface area contributed by atoms with E-state index >= 15 is 0 Å². The molecule has 25 heavy (non-hydrogen) atoms. The first-order valence-electron chi connectivity index (χ1n) is 9.16. The molecule has 1 amide bonds. The summed E-state index contributed by atoms with van der Waals surface area (Å²) in [5.74, 6) is 3.27. The lowest BCUT2D eigenvalue weighted by Crippen LogP contribution is -2.38. The van der Waals surface area contributed by atoms with Gasteiger partial charge < -0.3 is 13.9 Å². The van der Waals surface area contributed by atoms with E-state index in [1.165, 1.54) is 12.8 Å². The molecule has 0 bridgehead atoms. The molecule has 0 saturated heterocycles. The highest BCUT2D eigenvalue weighted by atomic mass is 16.3. The van der Waals surface area contributed by atoms with Crippen LogP contribution in [0.4, 0.5) is 0 Å². The summed E-state index contributed by atoms with van der Waals surface area (Å²) in [5, 5.41) is 0. The number of nitrogens with zero attached hydrogens (tertiary/aromatic N) is 4. The van der Waals surface area contributed by atoms with E-state index in [2.05, 4.69) is 21.5 Å². The van der Waals surface area contributed by atoms with Crippen molar-refractivity contribution in [3.05, 3.63) is 42.4 Å². The van der Waals surface area contributed by atoms with Crippen molar-refractivity contribution in [2.24, 2.45) is 11.8 Å². The van der Waals surface area contributed by atoms with Crippen LogP contribution in [0.15, 0.2) is 35.2 Å². The van der Waals surface area contributed by atoms with Crippen LogP contribution >= 0.6 is 0 Å². The van der Waals surface area contributed by atoms with E-state index in [0.29, 0.717) is 24.8 Å². The standard InChI is InChI=1S/C19H26N4O2/c1-21(13-17-3-2-8-25-17)10-16-11-22-7-6-20-18(22)14-23(12-16)19(24)9-15-4-5-15/h2-3,6-8,15-16H,4-5,9-14H2,1H3. The lowest BCUT2D eigenvalue weighted by molar-refractivity contribution is -0.132. The Balaban J connectivity index is 1.43. The van der Waals surface area contributed by atoms with Gasteiger partial charge in [-0.15, -0.1) is 0 Å². The average molecular weight is 342 g/mol. The number of imidazole rings is 1. The fourth-order valence-electron chi connectivity index (χ4n) is 3.72. The highest BCUT2D eigenvalue weighted by Gasteiger charge is 2.30. The molecule has 2 aromatic heterocycles. The van der Waals surface area contributed by atoms with E-state index < -0.39 is 0 Å². The third-order valence-corrected chi connectivity index (χ3v) is 5.16. The fourth-order valence-corrected chi connectivity index (χ4v) is 3.72. The van der Waals surface area contributed by atoms with Crippen LogP contribution in [0.25, 0.3) is 0 Å². The first kappa shape index (κ1) is 16.4. The van der Waals surface area contributed by atoms with Crippen LogP contribution in [-0.2, 0) is 24.4 Å². The molecule has 6 heteroatoms. The average Bonchev–Trinajstić information content (AvgIpc) is 3.10. The number of carbonyl (C=O) groups is 1. The Kier molecular flexibility index (Phi) is 4.61. The van der Waals surface area contributed by atoms with E-state index in [4.69, 9.17) is 4.42 Å². The van der Waals surface area contributed by atoms with Crippen molar-refractivity contribution in [1.29, 1.82) is 0 Å². The smallest absolute Gasteiger partial charge is 0.223 e. The molecule has 0 radical (unpaired) electrons. The monoisotopic (exact) mass is 342 g/mol. The van der Waals surface area contributed by atoms with Crippen LogP contribution in [-0.4, -0.2) is 45.4 Å². The summed E-state index contributed by atoms with van der Waals surface area (Å²) in [6.07, 6.45) is 8.71. The van der Waals surface area contributed by atoms with Crippen LogP contribution in [0.2, 0.25) is 0 Å². The molecule has 3 heterocycles. The highest BCUT2D eigenvalue weighted by Crippen LogP contribution is 2.33. The van der Waals surface area contributed by atoms with Crippen LogP contribution in [0.1, 0.15) is 30.8 Å². The third-order valence-electron chi connectivity index (χ3n) is 5.16. The van der Waals surface area contributed by atoms with Gasteiger partial charge in [0.15, 0.2) is 0 Å². The van der Waals surface area contributed by atoms with Crippen molar-refractivity contribution in [3.63, 3.8) is 0 Å². The summed E-state index contributed by atoms with van der Waals surface area (Å²) >= 11 is 0. The molecular weight excluding hydrogens is 316 g/mol. The Morgan fingerprint density at radius 2 is 2.24 bits per heavy atom.